The van der Waals surface area contributed by atoms with Crippen LogP contribution in [-0.2, 0) is 0 Å². The van der Waals surface area contributed by atoms with Crippen LogP contribution in [-0.4, -0.2) is 13.2 Å². The van der Waals surface area contributed by atoms with Crippen molar-refractivity contribution in [2.45, 2.75) is 37.7 Å². The van der Waals surface area contributed by atoms with Gasteiger partial charge in [-0.1, -0.05) is 36.4 Å². The quantitative estimate of drug-likeness (QED) is 0.774. The van der Waals surface area contributed by atoms with E-state index < -0.39 is 0 Å². The van der Waals surface area contributed by atoms with E-state index in [4.69, 9.17) is 9.47 Å². The highest BCUT2D eigenvalue weighted by Gasteiger charge is 2.19. The van der Waals surface area contributed by atoms with E-state index in [1.807, 2.05) is 24.3 Å². The molecule has 0 amide bonds. The van der Waals surface area contributed by atoms with Gasteiger partial charge in [0.25, 0.3) is 0 Å². The molecule has 1 saturated carbocycles. The van der Waals surface area contributed by atoms with Gasteiger partial charge in [0.1, 0.15) is 0 Å². The molecule has 2 aromatic carbocycles. The van der Waals surface area contributed by atoms with Crippen LogP contribution in [0.5, 0.6) is 11.5 Å². The number of hydrogen-bond acceptors (Lipinski definition) is 2. The Hall–Kier alpha value is -1.96. The third kappa shape index (κ3) is 3.27. The van der Waals surface area contributed by atoms with Crippen molar-refractivity contribution in [3.8, 4) is 11.5 Å². The number of ether oxygens (including phenoxy) is 2. The van der Waals surface area contributed by atoms with Crippen LogP contribution < -0.4 is 9.47 Å². The van der Waals surface area contributed by atoms with Crippen molar-refractivity contribution >= 4 is 0 Å². The summed E-state index contributed by atoms with van der Waals surface area (Å²) in [6, 6.07) is 16.5. The summed E-state index contributed by atoms with van der Waals surface area (Å²) in [5.74, 6) is 1.74. The minimum absolute atomic E-state index is 0.0954. The minimum Gasteiger partial charge on any atom is -0.493 e. The summed E-state index contributed by atoms with van der Waals surface area (Å²) in [4.78, 5) is 0. The fourth-order valence-corrected chi connectivity index (χ4v) is 3.07. The van der Waals surface area contributed by atoms with Gasteiger partial charge in [0.2, 0.25) is 0 Å². The molecule has 115 valence electrons. The Bertz CT molecular complexity index is 600. The largest absolute Gasteiger partial charge is 0.493 e. The third-order valence-corrected chi connectivity index (χ3v) is 4.39. The fourth-order valence-electron chi connectivity index (χ4n) is 3.07. The van der Waals surface area contributed by atoms with Crippen molar-refractivity contribution in [2.75, 3.05) is 7.11 Å². The van der Waals surface area contributed by atoms with Gasteiger partial charge in [-0.2, -0.15) is 0 Å². The first-order valence-corrected chi connectivity index (χ1v) is 8.00. The molecule has 1 radical (unpaired) electrons. The van der Waals surface area contributed by atoms with Crippen LogP contribution in [0, 0.1) is 6.92 Å². The highest BCUT2D eigenvalue weighted by Crippen LogP contribution is 2.35. The molecule has 2 nitrogen and oxygen atoms in total. The zero-order chi connectivity index (χ0) is 15.4. The van der Waals surface area contributed by atoms with Crippen LogP contribution in [0.1, 0.15) is 42.7 Å². The minimum atomic E-state index is 0.0954. The zero-order valence-electron chi connectivity index (χ0n) is 13.1. The first-order chi connectivity index (χ1) is 10.8. The molecule has 2 heteroatoms. The first kappa shape index (κ1) is 15.0. The summed E-state index contributed by atoms with van der Waals surface area (Å²) >= 11 is 0. The van der Waals surface area contributed by atoms with Gasteiger partial charge in [-0.15, -0.1) is 0 Å². The SMILES string of the molecule is [CH2]C(c1ccccc1)c1ccc(OC)c(OC2CCCC2)c1. The van der Waals surface area contributed by atoms with E-state index in [1.54, 1.807) is 7.11 Å². The maximum Gasteiger partial charge on any atom is 0.161 e. The Morgan fingerprint density at radius 2 is 1.68 bits per heavy atom. The second-order valence-electron chi connectivity index (χ2n) is 5.90. The van der Waals surface area contributed by atoms with Crippen molar-refractivity contribution in [1.29, 1.82) is 0 Å². The Labute approximate surface area is 133 Å². The van der Waals surface area contributed by atoms with Gasteiger partial charge in [0.05, 0.1) is 13.2 Å². The smallest absolute Gasteiger partial charge is 0.161 e. The Balaban J connectivity index is 1.85. The van der Waals surface area contributed by atoms with Crippen molar-refractivity contribution in [3.05, 3.63) is 66.6 Å². The molecular weight excluding hydrogens is 272 g/mol. The predicted octanol–water partition coefficient (Wildman–Crippen LogP) is 4.98. The van der Waals surface area contributed by atoms with Crippen LogP contribution in [0.4, 0.5) is 0 Å². The van der Waals surface area contributed by atoms with E-state index in [0.29, 0.717) is 6.10 Å². The maximum atomic E-state index is 6.17. The molecule has 0 N–H and O–H groups in total. The monoisotopic (exact) mass is 295 g/mol. The highest BCUT2D eigenvalue weighted by atomic mass is 16.5. The molecule has 0 bridgehead atoms. The van der Waals surface area contributed by atoms with E-state index >= 15 is 0 Å². The van der Waals surface area contributed by atoms with E-state index in [9.17, 15) is 0 Å². The summed E-state index contributed by atoms with van der Waals surface area (Å²) in [5, 5.41) is 0. The number of rotatable bonds is 5. The lowest BCUT2D eigenvalue weighted by Crippen LogP contribution is -2.12. The molecule has 0 spiro atoms. The standard InChI is InChI=1S/C20H23O2/c1-15(16-8-4-3-5-9-16)17-12-13-19(21-2)20(14-17)22-18-10-6-7-11-18/h3-5,8-9,12-15,18H,1,6-7,10-11H2,2H3. The van der Waals surface area contributed by atoms with Crippen molar-refractivity contribution in [3.63, 3.8) is 0 Å². The van der Waals surface area contributed by atoms with E-state index in [2.05, 4.69) is 31.2 Å². The summed E-state index contributed by atoms with van der Waals surface area (Å²) < 4.78 is 11.6. The van der Waals surface area contributed by atoms with E-state index in [-0.39, 0.29) is 5.92 Å². The van der Waals surface area contributed by atoms with Crippen molar-refractivity contribution < 1.29 is 9.47 Å². The summed E-state index contributed by atoms with van der Waals surface area (Å²) in [7, 11) is 1.69. The molecule has 1 atom stereocenters. The Kier molecular flexibility index (Phi) is 4.67. The van der Waals surface area contributed by atoms with Gasteiger partial charge in [-0.25, -0.2) is 0 Å². The fraction of sp³-hybridized carbons (Fsp3) is 0.350. The number of methoxy groups -OCH3 is 1. The Morgan fingerprint density at radius 1 is 0.955 bits per heavy atom. The number of benzene rings is 2. The summed E-state index contributed by atoms with van der Waals surface area (Å²) in [5.41, 5.74) is 2.36. The Morgan fingerprint density at radius 3 is 2.36 bits per heavy atom. The lowest BCUT2D eigenvalue weighted by Gasteiger charge is -2.19. The van der Waals surface area contributed by atoms with Crippen LogP contribution in [0.2, 0.25) is 0 Å². The van der Waals surface area contributed by atoms with Crippen LogP contribution in [0.25, 0.3) is 0 Å². The van der Waals surface area contributed by atoms with Gasteiger partial charge < -0.3 is 9.47 Å². The molecule has 0 aliphatic heterocycles. The lowest BCUT2D eigenvalue weighted by molar-refractivity contribution is 0.200. The van der Waals surface area contributed by atoms with Gasteiger partial charge in [0, 0.05) is 5.92 Å². The molecule has 1 unspecified atom stereocenters. The molecule has 0 heterocycles. The van der Waals surface area contributed by atoms with Crippen LogP contribution in [0.3, 0.4) is 0 Å². The predicted molar refractivity (Wildman–Crippen MR) is 89.5 cm³/mol. The average Bonchev–Trinajstić information content (AvgIpc) is 3.08. The number of hydrogen-bond donors (Lipinski definition) is 0. The molecular formula is C20H23O2. The molecule has 1 fully saturated rings. The van der Waals surface area contributed by atoms with E-state index in [0.717, 1.165) is 29.9 Å². The van der Waals surface area contributed by atoms with Gasteiger partial charge in [-0.3, -0.25) is 0 Å². The second kappa shape index (κ2) is 6.87. The van der Waals surface area contributed by atoms with Gasteiger partial charge >= 0.3 is 0 Å². The average molecular weight is 295 g/mol. The second-order valence-corrected chi connectivity index (χ2v) is 5.90. The summed E-state index contributed by atoms with van der Waals surface area (Å²) in [6.45, 7) is 4.31. The lowest BCUT2D eigenvalue weighted by atomic mass is 9.93. The van der Waals surface area contributed by atoms with E-state index in [1.165, 1.54) is 18.4 Å². The zero-order valence-corrected chi connectivity index (χ0v) is 13.1. The molecule has 1 aliphatic carbocycles. The molecule has 3 rings (SSSR count). The van der Waals surface area contributed by atoms with Gasteiger partial charge in [0.15, 0.2) is 11.5 Å². The molecule has 0 saturated heterocycles. The van der Waals surface area contributed by atoms with Crippen LogP contribution >= 0.6 is 0 Å². The first-order valence-electron chi connectivity index (χ1n) is 8.00. The van der Waals surface area contributed by atoms with Crippen LogP contribution in [0.15, 0.2) is 48.5 Å². The molecule has 1 aliphatic rings. The third-order valence-electron chi connectivity index (χ3n) is 4.39. The normalized spacial score (nSPS) is 16.5. The topological polar surface area (TPSA) is 18.5 Å². The van der Waals surface area contributed by atoms with Crippen molar-refractivity contribution in [2.24, 2.45) is 0 Å². The van der Waals surface area contributed by atoms with Crippen molar-refractivity contribution in [1.82, 2.24) is 0 Å². The highest BCUT2D eigenvalue weighted by molar-refractivity contribution is 5.46. The molecule has 2 aromatic rings. The maximum absolute atomic E-state index is 6.17. The molecule has 22 heavy (non-hydrogen) atoms. The molecule has 0 aromatic heterocycles. The van der Waals surface area contributed by atoms with Gasteiger partial charge in [-0.05, 0) is 55.9 Å². The summed E-state index contributed by atoms with van der Waals surface area (Å²) in [6.07, 6.45) is 5.12.